The van der Waals surface area contributed by atoms with E-state index in [1.54, 1.807) is 0 Å². The van der Waals surface area contributed by atoms with E-state index in [0.717, 1.165) is 93.9 Å². The van der Waals surface area contributed by atoms with E-state index in [2.05, 4.69) is 110 Å². The Hall–Kier alpha value is -3.48. The number of benzene rings is 4. The van der Waals surface area contributed by atoms with Gasteiger partial charge in [0.15, 0.2) is 0 Å². The molecule has 340 valence electrons. The minimum Gasteiger partial charge on any atom is -0.851 e. The Morgan fingerprint density at radius 1 is 0.403 bits per heavy atom. The van der Waals surface area contributed by atoms with E-state index < -0.39 is 24.0 Å². The monoisotopic (exact) mass is 843 g/mol. The molecule has 2 aliphatic heterocycles. The Morgan fingerprint density at radius 3 is 1.08 bits per heavy atom. The van der Waals surface area contributed by atoms with Crippen molar-refractivity contribution >= 4 is 44.3 Å². The van der Waals surface area contributed by atoms with Gasteiger partial charge in [0.1, 0.15) is 11.3 Å². The Kier molecular flexibility index (Phi) is 16.8. The van der Waals surface area contributed by atoms with Crippen LogP contribution < -0.4 is 31.5 Å². The van der Waals surface area contributed by atoms with Gasteiger partial charge in [-0.3, -0.25) is 0 Å². The fraction of sp³-hybridized carbons (Fsp3) is 0.643. The van der Waals surface area contributed by atoms with Gasteiger partial charge in [-0.25, -0.2) is 0 Å². The standard InChI is InChI=1S/C56H82N4O2/c1-5-9-11-13-15-17-19-21-23-25-27-39-55(7-3)57-45-33-29-31-41-35-37-43(51(59-55)47(41)45)49-53(61)50(54(49)62)44-38-36-42-32-30-34-46-48(42)52(44)60-56(8-4,58-46)40-28-26-24-22-20-18-16-14-12-10-6-2/h29-38,49-50,53-54,57-60H,5-28,39-40H2,1-4H3/q-2. The van der Waals surface area contributed by atoms with Gasteiger partial charge in [-0.2, -0.15) is 0 Å². The second kappa shape index (κ2) is 22.4. The molecule has 6 nitrogen and oxygen atoms in total. The van der Waals surface area contributed by atoms with Crippen molar-refractivity contribution in [3.05, 3.63) is 71.8 Å². The van der Waals surface area contributed by atoms with Crippen molar-refractivity contribution < 1.29 is 10.2 Å². The highest BCUT2D eigenvalue weighted by Gasteiger charge is 2.44. The molecule has 2 heterocycles. The molecule has 3 aliphatic rings. The van der Waals surface area contributed by atoms with E-state index in [-0.39, 0.29) is 11.3 Å². The molecule has 6 heteroatoms. The molecule has 2 atom stereocenters. The fourth-order valence-electron chi connectivity index (χ4n) is 11.4. The Morgan fingerprint density at radius 2 is 0.742 bits per heavy atom. The third-order valence-electron chi connectivity index (χ3n) is 15.4. The molecule has 62 heavy (non-hydrogen) atoms. The van der Waals surface area contributed by atoms with E-state index in [1.807, 2.05) is 0 Å². The number of nitrogens with one attached hydrogen (secondary N) is 4. The number of hydrogen-bond acceptors (Lipinski definition) is 6. The maximum Gasteiger partial charge on any atom is 0.107 e. The molecule has 0 amide bonds. The van der Waals surface area contributed by atoms with Crippen LogP contribution in [0.25, 0.3) is 21.5 Å². The van der Waals surface area contributed by atoms with E-state index >= 15 is 0 Å². The van der Waals surface area contributed by atoms with Gasteiger partial charge in [0.25, 0.3) is 0 Å². The summed E-state index contributed by atoms with van der Waals surface area (Å²) in [7, 11) is 0. The van der Waals surface area contributed by atoms with Crippen molar-refractivity contribution in [1.82, 2.24) is 0 Å². The van der Waals surface area contributed by atoms with Gasteiger partial charge in [0, 0.05) is 33.5 Å². The minimum atomic E-state index is -1.03. The van der Waals surface area contributed by atoms with Crippen LogP contribution in [-0.2, 0) is 0 Å². The lowest BCUT2D eigenvalue weighted by Crippen LogP contribution is -2.64. The summed E-state index contributed by atoms with van der Waals surface area (Å²) in [6, 6.07) is 21.4. The van der Waals surface area contributed by atoms with Crippen molar-refractivity contribution in [2.45, 2.75) is 230 Å². The van der Waals surface area contributed by atoms with Gasteiger partial charge in [-0.05, 0) is 84.4 Å². The highest BCUT2D eigenvalue weighted by molar-refractivity contribution is 6.08. The SMILES string of the molecule is CCCCCCCCCCCCCC1(CC)Nc2cccc3ccc(C4C([O-])C(c5ccc6cccc7c6c5NC(CC)(CCCCCCCCCCCCC)N7)C4[O-])c(c23)N1. The van der Waals surface area contributed by atoms with Gasteiger partial charge in [-0.1, -0.05) is 205 Å². The Labute approximate surface area is 376 Å². The molecular formula is C56H82N4O2-2. The normalized spacial score (nSPS) is 23.7. The first-order chi connectivity index (χ1) is 30.4. The molecule has 0 aromatic heterocycles. The molecule has 0 saturated heterocycles. The summed E-state index contributed by atoms with van der Waals surface area (Å²) >= 11 is 0. The summed E-state index contributed by atoms with van der Waals surface area (Å²) in [5, 5.41) is 50.0. The fourth-order valence-corrected chi connectivity index (χ4v) is 11.4. The second-order valence-corrected chi connectivity index (χ2v) is 19.8. The number of anilines is 4. The largest absolute Gasteiger partial charge is 0.851 e. The molecule has 4 N–H and O–H groups in total. The quantitative estimate of drug-likeness (QED) is 0.0426. The van der Waals surface area contributed by atoms with Gasteiger partial charge in [-0.15, -0.1) is 12.2 Å². The molecule has 1 fully saturated rings. The molecule has 1 aliphatic carbocycles. The van der Waals surface area contributed by atoms with Crippen LogP contribution in [0.5, 0.6) is 0 Å². The summed E-state index contributed by atoms with van der Waals surface area (Å²) in [6.07, 6.45) is 30.9. The average Bonchev–Trinajstić information content (AvgIpc) is 3.29. The molecule has 2 unspecified atom stereocenters. The molecular weight excluding hydrogens is 761 g/mol. The van der Waals surface area contributed by atoms with E-state index in [1.165, 1.54) is 128 Å². The highest BCUT2D eigenvalue weighted by Crippen LogP contribution is 2.54. The Balaban J connectivity index is 1.02. The molecule has 4 aromatic rings. The average molecular weight is 843 g/mol. The number of unbranched alkanes of at least 4 members (excludes halogenated alkanes) is 20. The van der Waals surface area contributed by atoms with Crippen molar-refractivity contribution in [3.63, 3.8) is 0 Å². The van der Waals surface area contributed by atoms with Gasteiger partial charge in [0.2, 0.25) is 0 Å². The van der Waals surface area contributed by atoms with E-state index in [9.17, 15) is 10.2 Å². The van der Waals surface area contributed by atoms with Gasteiger partial charge >= 0.3 is 0 Å². The first-order valence-corrected chi connectivity index (χ1v) is 25.9. The van der Waals surface area contributed by atoms with Crippen LogP contribution in [0.1, 0.15) is 218 Å². The summed E-state index contributed by atoms with van der Waals surface area (Å²) in [6.45, 7) is 9.09. The third kappa shape index (κ3) is 10.5. The number of hydrogen-bond donors (Lipinski definition) is 4. The smallest absolute Gasteiger partial charge is 0.107 e. The van der Waals surface area contributed by atoms with Crippen molar-refractivity contribution in [2.24, 2.45) is 0 Å². The molecule has 0 bridgehead atoms. The van der Waals surface area contributed by atoms with Crippen LogP contribution >= 0.6 is 0 Å². The first kappa shape index (κ1) is 46.5. The lowest BCUT2D eigenvalue weighted by Gasteiger charge is -2.63. The predicted molar refractivity (Wildman–Crippen MR) is 264 cm³/mol. The van der Waals surface area contributed by atoms with Crippen molar-refractivity contribution in [2.75, 3.05) is 21.3 Å². The van der Waals surface area contributed by atoms with E-state index in [0.29, 0.717) is 0 Å². The maximum absolute atomic E-state index is 14.8. The van der Waals surface area contributed by atoms with Crippen LogP contribution in [0.4, 0.5) is 22.7 Å². The molecule has 7 rings (SSSR count). The summed E-state index contributed by atoms with van der Waals surface area (Å²) < 4.78 is 0. The maximum atomic E-state index is 14.8. The lowest BCUT2D eigenvalue weighted by atomic mass is 9.62. The van der Waals surface area contributed by atoms with Crippen molar-refractivity contribution in [3.8, 4) is 0 Å². The zero-order valence-corrected chi connectivity index (χ0v) is 39.3. The minimum absolute atomic E-state index is 0.316. The number of rotatable bonds is 28. The van der Waals surface area contributed by atoms with Crippen LogP contribution in [0.2, 0.25) is 0 Å². The van der Waals surface area contributed by atoms with Gasteiger partial charge < -0.3 is 31.5 Å². The summed E-state index contributed by atoms with van der Waals surface area (Å²) in [5.41, 5.74) is 5.42. The first-order valence-electron chi connectivity index (χ1n) is 25.9. The predicted octanol–water partition coefficient (Wildman–Crippen LogP) is 14.6. The van der Waals surface area contributed by atoms with E-state index in [4.69, 9.17) is 0 Å². The third-order valence-corrected chi connectivity index (χ3v) is 15.4. The summed E-state index contributed by atoms with van der Waals surface area (Å²) in [4.78, 5) is 0. The summed E-state index contributed by atoms with van der Waals surface area (Å²) in [5.74, 6) is -1.22. The van der Waals surface area contributed by atoms with Crippen LogP contribution in [0, 0.1) is 0 Å². The Bertz CT molecular complexity index is 1860. The molecule has 0 radical (unpaired) electrons. The van der Waals surface area contributed by atoms with Crippen LogP contribution in [-0.4, -0.2) is 23.5 Å². The van der Waals surface area contributed by atoms with Crippen molar-refractivity contribution in [1.29, 1.82) is 0 Å². The molecule has 4 aromatic carbocycles. The molecule has 1 saturated carbocycles. The highest BCUT2D eigenvalue weighted by atomic mass is 16.3. The lowest BCUT2D eigenvalue weighted by molar-refractivity contribution is -0.535. The molecule has 0 spiro atoms. The zero-order valence-electron chi connectivity index (χ0n) is 39.3. The zero-order chi connectivity index (χ0) is 43.4. The topological polar surface area (TPSA) is 94.2 Å². The second-order valence-electron chi connectivity index (χ2n) is 19.8. The van der Waals surface area contributed by atoms with Gasteiger partial charge in [0.05, 0.1) is 0 Å². The van der Waals surface area contributed by atoms with Crippen LogP contribution in [0.15, 0.2) is 60.7 Å². The van der Waals surface area contributed by atoms with Crippen LogP contribution in [0.3, 0.4) is 0 Å².